The Bertz CT molecular complexity index is 1000. The highest BCUT2D eigenvalue weighted by Gasteiger charge is 2.21. The van der Waals surface area contributed by atoms with E-state index in [0.717, 1.165) is 49.7 Å². The van der Waals surface area contributed by atoms with Crippen molar-refractivity contribution < 1.29 is 14.3 Å². The Morgan fingerprint density at radius 1 is 0.970 bits per heavy atom. The van der Waals surface area contributed by atoms with Crippen molar-refractivity contribution in [1.29, 1.82) is 0 Å². The quantitative estimate of drug-likeness (QED) is 0.505. The van der Waals surface area contributed by atoms with E-state index in [0.29, 0.717) is 24.8 Å². The number of rotatable bonds is 9. The van der Waals surface area contributed by atoms with E-state index in [1.54, 1.807) is 13.2 Å². The third-order valence-electron chi connectivity index (χ3n) is 5.90. The van der Waals surface area contributed by atoms with E-state index in [9.17, 15) is 4.79 Å². The number of hydrogen-bond acceptors (Lipinski definition) is 6. The van der Waals surface area contributed by atoms with E-state index in [1.807, 2.05) is 30.3 Å². The van der Waals surface area contributed by atoms with E-state index in [2.05, 4.69) is 50.7 Å². The predicted molar refractivity (Wildman–Crippen MR) is 128 cm³/mol. The van der Waals surface area contributed by atoms with Crippen molar-refractivity contribution in [2.75, 3.05) is 38.3 Å². The van der Waals surface area contributed by atoms with Crippen molar-refractivity contribution >= 4 is 11.7 Å². The first-order chi connectivity index (χ1) is 16.2. The number of piperidine rings is 1. The topological polar surface area (TPSA) is 76.6 Å². The Morgan fingerprint density at radius 3 is 2.36 bits per heavy atom. The molecule has 0 unspecified atom stereocenters. The van der Waals surface area contributed by atoms with Crippen LogP contribution in [-0.4, -0.2) is 49.5 Å². The lowest BCUT2D eigenvalue weighted by Gasteiger charge is -2.32. The van der Waals surface area contributed by atoms with E-state index < -0.39 is 0 Å². The molecule has 1 fully saturated rings. The largest absolute Gasteiger partial charge is 0.497 e. The molecule has 0 radical (unpaired) electrons. The lowest BCUT2D eigenvalue weighted by Crippen LogP contribution is -2.35. The zero-order chi connectivity index (χ0) is 22.9. The number of aromatic nitrogens is 2. The van der Waals surface area contributed by atoms with Crippen molar-refractivity contribution in [2.45, 2.75) is 19.3 Å². The third kappa shape index (κ3) is 6.44. The lowest BCUT2D eigenvalue weighted by molar-refractivity contribution is 0.0941. The van der Waals surface area contributed by atoms with E-state index in [1.165, 1.54) is 5.56 Å². The van der Waals surface area contributed by atoms with Crippen LogP contribution in [0.4, 0.5) is 5.82 Å². The zero-order valence-corrected chi connectivity index (χ0v) is 18.9. The number of carbonyl (C=O) groups excluding carboxylic acids is 1. The van der Waals surface area contributed by atoms with Crippen molar-refractivity contribution in [1.82, 2.24) is 15.5 Å². The van der Waals surface area contributed by atoms with Gasteiger partial charge >= 0.3 is 0 Å². The summed E-state index contributed by atoms with van der Waals surface area (Å²) in [4.78, 5) is 14.6. The monoisotopic (exact) mass is 446 g/mol. The highest BCUT2D eigenvalue weighted by atomic mass is 16.5. The summed E-state index contributed by atoms with van der Waals surface area (Å²) in [5, 5.41) is 11.2. The number of carbonyl (C=O) groups is 1. The molecule has 0 spiro atoms. The van der Waals surface area contributed by atoms with E-state index in [-0.39, 0.29) is 5.91 Å². The summed E-state index contributed by atoms with van der Waals surface area (Å²) >= 11 is 0. The SMILES string of the molecule is COc1ccc(OCCNC(=O)c2ccc(N3CCC(Cc4ccccc4)CC3)nn2)cc1. The maximum absolute atomic E-state index is 12.3. The molecule has 1 saturated heterocycles. The number of hydrogen-bond donors (Lipinski definition) is 1. The molecule has 33 heavy (non-hydrogen) atoms. The molecule has 0 saturated carbocycles. The number of nitrogens with zero attached hydrogens (tertiary/aromatic N) is 3. The van der Waals surface area contributed by atoms with Crippen LogP contribution < -0.4 is 19.7 Å². The van der Waals surface area contributed by atoms with Gasteiger partial charge in [-0.1, -0.05) is 30.3 Å². The molecule has 172 valence electrons. The fraction of sp³-hybridized carbons (Fsp3) is 0.346. The van der Waals surface area contributed by atoms with Gasteiger partial charge in [-0.05, 0) is 67.1 Å². The predicted octanol–water partition coefficient (Wildman–Crippen LogP) is 3.75. The zero-order valence-electron chi connectivity index (χ0n) is 18.9. The summed E-state index contributed by atoms with van der Waals surface area (Å²) in [5.41, 5.74) is 1.71. The second-order valence-electron chi connectivity index (χ2n) is 8.18. The average Bonchev–Trinajstić information content (AvgIpc) is 2.88. The molecule has 7 heteroatoms. The van der Waals surface area contributed by atoms with Crippen molar-refractivity contribution in [3.05, 3.63) is 78.0 Å². The molecule has 7 nitrogen and oxygen atoms in total. The van der Waals surface area contributed by atoms with Crippen LogP contribution in [0.5, 0.6) is 11.5 Å². The van der Waals surface area contributed by atoms with Gasteiger partial charge in [0.15, 0.2) is 11.5 Å². The second kappa shape index (κ2) is 11.3. The Kier molecular flexibility index (Phi) is 7.74. The second-order valence-corrected chi connectivity index (χ2v) is 8.18. The van der Waals surface area contributed by atoms with Gasteiger partial charge in [0.1, 0.15) is 18.1 Å². The van der Waals surface area contributed by atoms with Crippen LogP contribution in [0.3, 0.4) is 0 Å². The average molecular weight is 447 g/mol. The van der Waals surface area contributed by atoms with Gasteiger partial charge in [-0.3, -0.25) is 4.79 Å². The van der Waals surface area contributed by atoms with Crippen LogP contribution in [-0.2, 0) is 6.42 Å². The minimum atomic E-state index is -0.256. The van der Waals surface area contributed by atoms with E-state index >= 15 is 0 Å². The van der Waals surface area contributed by atoms with Crippen molar-refractivity contribution in [2.24, 2.45) is 5.92 Å². The molecule has 1 amide bonds. The number of ether oxygens (including phenoxy) is 2. The van der Waals surface area contributed by atoms with Crippen molar-refractivity contribution in [3.63, 3.8) is 0 Å². The van der Waals surface area contributed by atoms with Gasteiger partial charge in [0, 0.05) is 13.1 Å². The molecule has 2 heterocycles. The third-order valence-corrected chi connectivity index (χ3v) is 5.90. The van der Waals surface area contributed by atoms with Crippen LogP contribution in [0, 0.1) is 5.92 Å². The highest BCUT2D eigenvalue weighted by Crippen LogP contribution is 2.24. The normalized spacial score (nSPS) is 14.0. The summed E-state index contributed by atoms with van der Waals surface area (Å²) < 4.78 is 10.7. The minimum Gasteiger partial charge on any atom is -0.497 e. The van der Waals surface area contributed by atoms with Gasteiger partial charge in [0.25, 0.3) is 5.91 Å². The molecule has 0 bridgehead atoms. The summed E-state index contributed by atoms with van der Waals surface area (Å²) in [7, 11) is 1.62. The summed E-state index contributed by atoms with van der Waals surface area (Å²) in [6, 6.07) is 21.6. The maximum Gasteiger partial charge on any atom is 0.271 e. The minimum absolute atomic E-state index is 0.256. The first kappa shape index (κ1) is 22.6. The van der Waals surface area contributed by atoms with Gasteiger partial charge in [-0.25, -0.2) is 0 Å². The molecular formula is C26H30N4O3. The van der Waals surface area contributed by atoms with Gasteiger partial charge in [0.2, 0.25) is 0 Å². The molecule has 0 aliphatic carbocycles. The lowest BCUT2D eigenvalue weighted by atomic mass is 9.90. The van der Waals surface area contributed by atoms with Gasteiger partial charge < -0.3 is 19.7 Å². The molecule has 1 aliphatic rings. The molecule has 1 aromatic heterocycles. The van der Waals surface area contributed by atoms with Crippen molar-refractivity contribution in [3.8, 4) is 11.5 Å². The molecule has 2 aromatic carbocycles. The Labute approximate surface area is 194 Å². The fourth-order valence-corrected chi connectivity index (χ4v) is 4.02. The molecule has 1 N–H and O–H groups in total. The first-order valence-corrected chi connectivity index (χ1v) is 11.4. The number of benzene rings is 2. The summed E-state index contributed by atoms with van der Waals surface area (Å²) in [6.45, 7) is 2.66. The van der Waals surface area contributed by atoms with Gasteiger partial charge in [-0.2, -0.15) is 0 Å². The Balaban J connectivity index is 1.19. The van der Waals surface area contributed by atoms with Gasteiger partial charge in [-0.15, -0.1) is 10.2 Å². The van der Waals surface area contributed by atoms with Crippen LogP contribution >= 0.6 is 0 Å². The van der Waals surface area contributed by atoms with Crippen LogP contribution in [0.1, 0.15) is 28.9 Å². The number of amides is 1. The maximum atomic E-state index is 12.3. The van der Waals surface area contributed by atoms with Crippen LogP contribution in [0.2, 0.25) is 0 Å². The molecule has 3 aromatic rings. The molecule has 1 aliphatic heterocycles. The highest BCUT2D eigenvalue weighted by molar-refractivity contribution is 5.92. The first-order valence-electron chi connectivity index (χ1n) is 11.4. The molecule has 4 rings (SSSR count). The molecule has 0 atom stereocenters. The standard InChI is InChI=1S/C26H30N4O3/c1-32-22-7-9-23(10-8-22)33-18-15-27-26(31)24-11-12-25(29-28-24)30-16-13-21(14-17-30)19-20-5-3-2-4-6-20/h2-12,21H,13-19H2,1H3,(H,27,31). The summed E-state index contributed by atoms with van der Waals surface area (Å²) in [5.74, 6) is 2.76. The van der Waals surface area contributed by atoms with Gasteiger partial charge in [0.05, 0.1) is 13.7 Å². The number of methoxy groups -OCH3 is 1. The smallest absolute Gasteiger partial charge is 0.271 e. The molecular weight excluding hydrogens is 416 g/mol. The fourth-order valence-electron chi connectivity index (χ4n) is 4.02. The Morgan fingerprint density at radius 2 is 1.70 bits per heavy atom. The number of anilines is 1. The number of nitrogens with one attached hydrogen (secondary N) is 1. The van der Waals surface area contributed by atoms with Crippen LogP contribution in [0.25, 0.3) is 0 Å². The Hall–Kier alpha value is -3.61. The van der Waals surface area contributed by atoms with Crippen LogP contribution in [0.15, 0.2) is 66.7 Å². The van der Waals surface area contributed by atoms with E-state index in [4.69, 9.17) is 9.47 Å². The summed E-state index contributed by atoms with van der Waals surface area (Å²) in [6.07, 6.45) is 3.39.